The van der Waals surface area contributed by atoms with Crippen molar-refractivity contribution < 1.29 is 4.79 Å². The van der Waals surface area contributed by atoms with E-state index in [-0.39, 0.29) is 18.4 Å². The first-order chi connectivity index (χ1) is 12.0. The molecule has 1 aliphatic rings. The fraction of sp³-hybridized carbons (Fsp3) is 0.471. The van der Waals surface area contributed by atoms with Crippen LogP contribution in [0.15, 0.2) is 27.1 Å². The summed E-state index contributed by atoms with van der Waals surface area (Å²) in [7, 11) is 0. The van der Waals surface area contributed by atoms with Crippen LogP contribution in [0.5, 0.6) is 0 Å². The zero-order chi connectivity index (χ0) is 17.8. The standard InChI is InChI=1S/C17H22N4O3S/c1-11-14(16(23)20-17(24)18-11)8-15(22)19-12-4-2-6-21(9-12)10-13-5-3-7-25-13/h3,5,7,12H,2,4,6,8-10H2,1H3,(H,19,22)(H2,18,20,23,24)/t12-/m1/s1. The smallest absolute Gasteiger partial charge is 0.325 e. The minimum atomic E-state index is -0.553. The maximum absolute atomic E-state index is 12.3. The van der Waals surface area contributed by atoms with Gasteiger partial charge in [0.05, 0.1) is 6.42 Å². The van der Waals surface area contributed by atoms with Gasteiger partial charge >= 0.3 is 5.69 Å². The van der Waals surface area contributed by atoms with Gasteiger partial charge in [0.15, 0.2) is 0 Å². The number of nitrogens with zero attached hydrogens (tertiary/aromatic N) is 1. The summed E-state index contributed by atoms with van der Waals surface area (Å²) in [5.41, 5.74) is -0.308. The van der Waals surface area contributed by atoms with Gasteiger partial charge in [-0.05, 0) is 37.8 Å². The van der Waals surface area contributed by atoms with Crippen molar-refractivity contribution in [3.05, 3.63) is 54.5 Å². The molecule has 1 aliphatic heterocycles. The van der Waals surface area contributed by atoms with Crippen LogP contribution in [0.3, 0.4) is 0 Å². The number of rotatable bonds is 5. The number of carbonyl (C=O) groups excluding carboxylic acids is 1. The lowest BCUT2D eigenvalue weighted by atomic mass is 10.0. The number of likely N-dealkylation sites (tertiary alicyclic amines) is 1. The van der Waals surface area contributed by atoms with Crippen molar-refractivity contribution in [1.82, 2.24) is 20.2 Å². The molecule has 0 aliphatic carbocycles. The second kappa shape index (κ2) is 7.79. The predicted molar refractivity (Wildman–Crippen MR) is 96.9 cm³/mol. The summed E-state index contributed by atoms with van der Waals surface area (Å²) in [6.07, 6.45) is 1.95. The number of hydrogen-bond acceptors (Lipinski definition) is 5. The SMILES string of the molecule is Cc1[nH]c(=O)[nH]c(=O)c1CC(=O)N[C@@H]1CCCN(Cc2cccs2)C1. The Morgan fingerprint density at radius 1 is 1.40 bits per heavy atom. The van der Waals surface area contributed by atoms with Gasteiger partial charge in [-0.3, -0.25) is 19.5 Å². The quantitative estimate of drug-likeness (QED) is 0.731. The highest BCUT2D eigenvalue weighted by Gasteiger charge is 2.22. The average Bonchev–Trinajstić information content (AvgIpc) is 3.04. The van der Waals surface area contributed by atoms with E-state index in [4.69, 9.17) is 0 Å². The topological polar surface area (TPSA) is 98.1 Å². The van der Waals surface area contributed by atoms with E-state index in [1.54, 1.807) is 18.3 Å². The van der Waals surface area contributed by atoms with Crippen molar-refractivity contribution in [2.75, 3.05) is 13.1 Å². The third kappa shape index (κ3) is 4.67. The molecule has 3 heterocycles. The molecule has 0 aromatic carbocycles. The van der Waals surface area contributed by atoms with Crippen LogP contribution in [0, 0.1) is 6.92 Å². The first-order valence-corrected chi connectivity index (χ1v) is 9.25. The molecule has 3 rings (SSSR count). The fourth-order valence-corrected chi connectivity index (χ4v) is 3.96. The zero-order valence-corrected chi connectivity index (χ0v) is 14.9. The van der Waals surface area contributed by atoms with Crippen molar-refractivity contribution >= 4 is 17.2 Å². The van der Waals surface area contributed by atoms with Gasteiger partial charge < -0.3 is 10.3 Å². The third-order valence-electron chi connectivity index (χ3n) is 4.42. The van der Waals surface area contributed by atoms with Crippen LogP contribution in [0.2, 0.25) is 0 Å². The summed E-state index contributed by atoms with van der Waals surface area (Å²) in [6, 6.07) is 4.26. The van der Waals surface area contributed by atoms with Crippen LogP contribution in [0.25, 0.3) is 0 Å². The van der Waals surface area contributed by atoms with Crippen LogP contribution < -0.4 is 16.6 Å². The van der Waals surface area contributed by atoms with E-state index in [2.05, 4.69) is 31.6 Å². The molecule has 0 saturated carbocycles. The Balaban J connectivity index is 1.57. The molecule has 0 unspecified atom stereocenters. The lowest BCUT2D eigenvalue weighted by Crippen LogP contribution is -2.48. The van der Waals surface area contributed by atoms with Crippen molar-refractivity contribution in [2.45, 2.75) is 38.8 Å². The number of amides is 1. The molecule has 1 fully saturated rings. The number of hydrogen-bond donors (Lipinski definition) is 3. The molecule has 1 amide bonds. The van der Waals surface area contributed by atoms with Crippen LogP contribution in [0.1, 0.15) is 29.0 Å². The first kappa shape index (κ1) is 17.6. The number of nitrogens with one attached hydrogen (secondary N) is 3. The highest BCUT2D eigenvalue weighted by molar-refractivity contribution is 7.09. The molecule has 25 heavy (non-hydrogen) atoms. The lowest BCUT2D eigenvalue weighted by molar-refractivity contribution is -0.121. The molecular formula is C17H22N4O3S. The molecule has 1 saturated heterocycles. The molecule has 2 aromatic rings. The molecule has 2 aromatic heterocycles. The third-order valence-corrected chi connectivity index (χ3v) is 5.28. The summed E-state index contributed by atoms with van der Waals surface area (Å²) in [6.45, 7) is 4.37. The van der Waals surface area contributed by atoms with Crippen LogP contribution in [-0.4, -0.2) is 39.9 Å². The van der Waals surface area contributed by atoms with Gasteiger partial charge in [0.25, 0.3) is 5.56 Å². The summed E-state index contributed by atoms with van der Waals surface area (Å²) < 4.78 is 0. The van der Waals surface area contributed by atoms with E-state index < -0.39 is 11.2 Å². The summed E-state index contributed by atoms with van der Waals surface area (Å²) in [5.74, 6) is -0.191. The largest absolute Gasteiger partial charge is 0.352 e. The molecule has 0 bridgehead atoms. The minimum Gasteiger partial charge on any atom is -0.352 e. The van der Waals surface area contributed by atoms with E-state index in [0.29, 0.717) is 11.3 Å². The zero-order valence-electron chi connectivity index (χ0n) is 14.1. The Morgan fingerprint density at radius 2 is 2.24 bits per heavy atom. The minimum absolute atomic E-state index is 0.0284. The highest BCUT2D eigenvalue weighted by Crippen LogP contribution is 2.17. The van der Waals surface area contributed by atoms with Crippen molar-refractivity contribution in [1.29, 1.82) is 0 Å². The molecule has 134 valence electrons. The van der Waals surface area contributed by atoms with E-state index in [1.165, 1.54) is 4.88 Å². The Kier molecular flexibility index (Phi) is 5.50. The van der Waals surface area contributed by atoms with E-state index in [9.17, 15) is 14.4 Å². The Labute approximate surface area is 149 Å². The monoisotopic (exact) mass is 362 g/mol. The Bertz CT molecular complexity index is 840. The maximum Gasteiger partial charge on any atom is 0.325 e. The highest BCUT2D eigenvalue weighted by atomic mass is 32.1. The van der Waals surface area contributed by atoms with Gasteiger partial charge in [-0.1, -0.05) is 6.07 Å². The maximum atomic E-state index is 12.3. The van der Waals surface area contributed by atoms with Crippen molar-refractivity contribution in [3.8, 4) is 0 Å². The van der Waals surface area contributed by atoms with Gasteiger partial charge in [0.2, 0.25) is 5.91 Å². The van der Waals surface area contributed by atoms with Crippen LogP contribution in [0.4, 0.5) is 0 Å². The number of H-pyrrole nitrogens is 2. The van der Waals surface area contributed by atoms with E-state index in [1.807, 2.05) is 6.07 Å². The van der Waals surface area contributed by atoms with Crippen molar-refractivity contribution in [3.63, 3.8) is 0 Å². The predicted octanol–water partition coefficient (Wildman–Crippen LogP) is 0.756. The van der Waals surface area contributed by atoms with E-state index >= 15 is 0 Å². The van der Waals surface area contributed by atoms with Gasteiger partial charge in [0, 0.05) is 35.3 Å². The van der Waals surface area contributed by atoms with Gasteiger partial charge in [-0.2, -0.15) is 0 Å². The number of thiophene rings is 1. The van der Waals surface area contributed by atoms with Crippen LogP contribution in [-0.2, 0) is 17.8 Å². The van der Waals surface area contributed by atoms with Gasteiger partial charge in [-0.15, -0.1) is 11.3 Å². The van der Waals surface area contributed by atoms with Gasteiger partial charge in [-0.25, -0.2) is 4.79 Å². The summed E-state index contributed by atoms with van der Waals surface area (Å²) in [4.78, 5) is 43.7. The molecule has 0 spiro atoms. The number of aryl methyl sites for hydroxylation is 1. The van der Waals surface area contributed by atoms with Crippen LogP contribution >= 0.6 is 11.3 Å². The first-order valence-electron chi connectivity index (χ1n) is 8.37. The number of aromatic amines is 2. The molecule has 7 nitrogen and oxygen atoms in total. The lowest BCUT2D eigenvalue weighted by Gasteiger charge is -2.32. The molecule has 8 heteroatoms. The Hall–Kier alpha value is -2.19. The summed E-state index contributed by atoms with van der Waals surface area (Å²) >= 11 is 1.74. The molecule has 3 N–H and O–H groups in total. The average molecular weight is 362 g/mol. The normalized spacial score (nSPS) is 18.2. The van der Waals surface area contributed by atoms with Gasteiger partial charge in [0.1, 0.15) is 0 Å². The number of aromatic nitrogens is 2. The molecule has 0 radical (unpaired) electrons. The molecular weight excluding hydrogens is 340 g/mol. The second-order valence-corrected chi connectivity index (χ2v) is 7.44. The Morgan fingerprint density at radius 3 is 2.96 bits per heavy atom. The fourth-order valence-electron chi connectivity index (χ4n) is 3.22. The van der Waals surface area contributed by atoms with Crippen molar-refractivity contribution in [2.24, 2.45) is 0 Å². The second-order valence-electron chi connectivity index (χ2n) is 6.41. The summed E-state index contributed by atoms with van der Waals surface area (Å²) in [5, 5.41) is 5.10. The van der Waals surface area contributed by atoms with E-state index in [0.717, 1.165) is 32.5 Å². The molecule has 1 atom stereocenters. The number of piperidine rings is 1. The number of carbonyl (C=O) groups is 1.